The predicted molar refractivity (Wildman–Crippen MR) is 48.8 cm³/mol. The van der Waals surface area contributed by atoms with Gasteiger partial charge in [-0.15, -0.1) is 6.58 Å². The molecule has 1 unspecified atom stereocenters. The van der Waals surface area contributed by atoms with Crippen molar-refractivity contribution in [3.8, 4) is 6.07 Å². The van der Waals surface area contributed by atoms with Gasteiger partial charge in [0.1, 0.15) is 6.04 Å². The van der Waals surface area contributed by atoms with Crippen LogP contribution in [0, 0.1) is 11.3 Å². The van der Waals surface area contributed by atoms with Gasteiger partial charge in [-0.3, -0.25) is 4.79 Å². The molecule has 4 nitrogen and oxygen atoms in total. The van der Waals surface area contributed by atoms with Gasteiger partial charge < -0.3 is 10.2 Å². The Bertz CT molecular complexity index is 244. The van der Waals surface area contributed by atoms with Crippen molar-refractivity contribution < 1.29 is 4.79 Å². The van der Waals surface area contributed by atoms with E-state index < -0.39 is 0 Å². The maximum Gasteiger partial charge on any atom is 0.227 e. The molecule has 0 aromatic heterocycles. The second kappa shape index (κ2) is 4.63. The average Bonchev–Trinajstić information content (AvgIpc) is 2.18. The molecule has 1 rings (SSSR count). The van der Waals surface area contributed by atoms with Crippen molar-refractivity contribution in [2.45, 2.75) is 12.5 Å². The molecule has 1 aliphatic heterocycles. The van der Waals surface area contributed by atoms with Crippen LogP contribution in [0.4, 0.5) is 0 Å². The zero-order valence-corrected chi connectivity index (χ0v) is 7.49. The quantitative estimate of drug-likeness (QED) is 0.601. The number of nitrogens with one attached hydrogen (secondary N) is 1. The van der Waals surface area contributed by atoms with Crippen LogP contribution in [0.25, 0.3) is 0 Å². The highest BCUT2D eigenvalue weighted by molar-refractivity contribution is 5.78. The Labute approximate surface area is 77.8 Å². The van der Waals surface area contributed by atoms with Gasteiger partial charge in [0.2, 0.25) is 5.91 Å². The highest BCUT2D eigenvalue weighted by Gasteiger charge is 2.24. The highest BCUT2D eigenvalue weighted by atomic mass is 16.2. The first-order valence-corrected chi connectivity index (χ1v) is 4.30. The van der Waals surface area contributed by atoms with Gasteiger partial charge in [0, 0.05) is 26.1 Å². The largest absolute Gasteiger partial charge is 0.324 e. The van der Waals surface area contributed by atoms with E-state index in [1.165, 1.54) is 0 Å². The molecular formula is C9H13N3O. The zero-order chi connectivity index (χ0) is 9.68. The summed E-state index contributed by atoms with van der Waals surface area (Å²) in [5.74, 6) is -0.0111. The molecule has 0 aromatic carbocycles. The molecule has 0 radical (unpaired) electrons. The number of carbonyl (C=O) groups excluding carboxylic acids is 1. The van der Waals surface area contributed by atoms with E-state index in [1.54, 1.807) is 11.0 Å². The molecule has 0 bridgehead atoms. The summed E-state index contributed by atoms with van der Waals surface area (Å²) in [6.07, 6.45) is 1.89. The molecule has 0 aliphatic carbocycles. The molecule has 13 heavy (non-hydrogen) atoms. The number of nitrogens with zero attached hydrogens (tertiary/aromatic N) is 2. The maximum absolute atomic E-state index is 11.4. The lowest BCUT2D eigenvalue weighted by atomic mass is 10.2. The summed E-state index contributed by atoms with van der Waals surface area (Å²) >= 11 is 0. The minimum atomic E-state index is -0.318. The lowest BCUT2D eigenvalue weighted by molar-refractivity contribution is -0.132. The van der Waals surface area contributed by atoms with Crippen molar-refractivity contribution in [1.29, 1.82) is 5.26 Å². The summed E-state index contributed by atoms with van der Waals surface area (Å²) in [7, 11) is 0. The number of hydrogen-bond acceptors (Lipinski definition) is 3. The number of carbonyl (C=O) groups is 1. The van der Waals surface area contributed by atoms with E-state index in [2.05, 4.69) is 18.0 Å². The minimum absolute atomic E-state index is 0.0111. The summed E-state index contributed by atoms with van der Waals surface area (Å²) in [6.45, 7) is 5.45. The Morgan fingerprint density at radius 2 is 2.62 bits per heavy atom. The molecule has 0 spiro atoms. The fourth-order valence-corrected chi connectivity index (χ4v) is 1.36. The van der Waals surface area contributed by atoms with Crippen molar-refractivity contribution in [3.63, 3.8) is 0 Å². The molecule has 0 saturated carbocycles. The van der Waals surface area contributed by atoms with Crippen molar-refractivity contribution in [2.75, 3.05) is 19.6 Å². The third-order valence-corrected chi connectivity index (χ3v) is 2.03. The van der Waals surface area contributed by atoms with E-state index in [9.17, 15) is 4.79 Å². The smallest absolute Gasteiger partial charge is 0.227 e. The number of piperazine rings is 1. The minimum Gasteiger partial charge on any atom is -0.324 e. The van der Waals surface area contributed by atoms with Crippen LogP contribution in [-0.4, -0.2) is 36.5 Å². The fraction of sp³-hybridized carbons (Fsp3) is 0.556. The Hall–Kier alpha value is -1.34. The van der Waals surface area contributed by atoms with Crippen LogP contribution in [0.5, 0.6) is 0 Å². The third kappa shape index (κ3) is 2.30. The lowest BCUT2D eigenvalue weighted by Gasteiger charge is -2.31. The number of hydrogen-bond donors (Lipinski definition) is 1. The summed E-state index contributed by atoms with van der Waals surface area (Å²) < 4.78 is 0. The van der Waals surface area contributed by atoms with Gasteiger partial charge in [0.25, 0.3) is 0 Å². The molecule has 1 N–H and O–H groups in total. The second-order valence-corrected chi connectivity index (χ2v) is 2.93. The van der Waals surface area contributed by atoms with Gasteiger partial charge in [0.05, 0.1) is 6.07 Å². The average molecular weight is 179 g/mol. The first-order chi connectivity index (χ1) is 6.29. The van der Waals surface area contributed by atoms with Crippen molar-refractivity contribution in [3.05, 3.63) is 12.7 Å². The molecule has 4 heteroatoms. The second-order valence-electron chi connectivity index (χ2n) is 2.93. The Kier molecular flexibility index (Phi) is 3.47. The third-order valence-electron chi connectivity index (χ3n) is 2.03. The van der Waals surface area contributed by atoms with Gasteiger partial charge in [-0.2, -0.15) is 5.26 Å². The Balaban J connectivity index is 2.59. The maximum atomic E-state index is 11.4. The number of nitriles is 1. The fourth-order valence-electron chi connectivity index (χ4n) is 1.36. The van der Waals surface area contributed by atoms with Gasteiger partial charge in [0.15, 0.2) is 0 Å². The van der Waals surface area contributed by atoms with Crippen LogP contribution < -0.4 is 5.32 Å². The van der Waals surface area contributed by atoms with E-state index in [0.717, 1.165) is 6.54 Å². The molecule has 70 valence electrons. The van der Waals surface area contributed by atoms with Crippen molar-refractivity contribution >= 4 is 5.91 Å². The van der Waals surface area contributed by atoms with E-state index in [-0.39, 0.29) is 11.9 Å². The van der Waals surface area contributed by atoms with Crippen LogP contribution in [0.3, 0.4) is 0 Å². The first kappa shape index (κ1) is 9.75. The van der Waals surface area contributed by atoms with E-state index in [0.29, 0.717) is 19.5 Å². The molecular weight excluding hydrogens is 166 g/mol. The Morgan fingerprint density at radius 1 is 1.85 bits per heavy atom. The molecule has 1 heterocycles. The standard InChI is InChI=1S/C9H13N3O/c1-2-3-9(13)12-5-4-11-7-8(12)6-10/h2,8,11H,1,3-5,7H2. The molecule has 1 amide bonds. The topological polar surface area (TPSA) is 56.1 Å². The predicted octanol–water partition coefficient (Wildman–Crippen LogP) is -0.114. The molecule has 1 atom stereocenters. The van der Waals surface area contributed by atoms with Crippen LogP contribution in [0.15, 0.2) is 12.7 Å². The monoisotopic (exact) mass is 179 g/mol. The summed E-state index contributed by atoms with van der Waals surface area (Å²) in [6, 6.07) is 1.78. The van der Waals surface area contributed by atoms with Crippen LogP contribution in [0.2, 0.25) is 0 Å². The van der Waals surface area contributed by atoms with E-state index in [4.69, 9.17) is 5.26 Å². The van der Waals surface area contributed by atoms with Crippen LogP contribution in [-0.2, 0) is 4.79 Å². The van der Waals surface area contributed by atoms with Gasteiger partial charge >= 0.3 is 0 Å². The van der Waals surface area contributed by atoms with Crippen molar-refractivity contribution in [2.24, 2.45) is 0 Å². The number of amides is 1. The molecule has 0 aromatic rings. The summed E-state index contributed by atoms with van der Waals surface area (Å²) in [4.78, 5) is 13.1. The lowest BCUT2D eigenvalue weighted by Crippen LogP contribution is -2.52. The summed E-state index contributed by atoms with van der Waals surface area (Å²) in [5, 5.41) is 11.8. The first-order valence-electron chi connectivity index (χ1n) is 4.30. The van der Waals surface area contributed by atoms with Crippen molar-refractivity contribution in [1.82, 2.24) is 10.2 Å². The highest BCUT2D eigenvalue weighted by Crippen LogP contribution is 2.04. The molecule has 1 fully saturated rings. The van der Waals surface area contributed by atoms with Gasteiger partial charge in [-0.25, -0.2) is 0 Å². The zero-order valence-electron chi connectivity index (χ0n) is 7.49. The summed E-state index contributed by atoms with van der Waals surface area (Å²) in [5.41, 5.74) is 0. The van der Waals surface area contributed by atoms with Gasteiger partial charge in [-0.05, 0) is 0 Å². The Morgan fingerprint density at radius 3 is 3.23 bits per heavy atom. The van der Waals surface area contributed by atoms with Gasteiger partial charge in [-0.1, -0.05) is 6.08 Å². The normalized spacial score (nSPS) is 22.1. The molecule has 1 aliphatic rings. The number of rotatable bonds is 2. The SMILES string of the molecule is C=CCC(=O)N1CCNCC1C#N. The van der Waals surface area contributed by atoms with E-state index >= 15 is 0 Å². The van der Waals surface area contributed by atoms with Crippen LogP contribution in [0.1, 0.15) is 6.42 Å². The van der Waals surface area contributed by atoms with E-state index in [1.807, 2.05) is 0 Å². The molecule has 1 saturated heterocycles. The van der Waals surface area contributed by atoms with Crippen LogP contribution >= 0.6 is 0 Å².